The lowest BCUT2D eigenvalue weighted by molar-refractivity contribution is 0.0458. The maximum Gasteiger partial charge on any atom is 0.340 e. The first-order valence-electron chi connectivity index (χ1n) is 11.1. The minimum atomic E-state index is -3.65. The van der Waals surface area contributed by atoms with Crippen LogP contribution in [0.2, 0.25) is 0 Å². The van der Waals surface area contributed by atoms with Gasteiger partial charge in [-0.25, -0.2) is 18.2 Å². The summed E-state index contributed by atoms with van der Waals surface area (Å²) < 4.78 is 41.6. The highest BCUT2D eigenvalue weighted by molar-refractivity contribution is 7.89. The number of ether oxygens (including phenoxy) is 2. The van der Waals surface area contributed by atoms with Gasteiger partial charge in [-0.15, -0.1) is 5.10 Å². The average Bonchev–Trinajstić information content (AvgIpc) is 3.55. The number of carbonyl (C=O) groups excluding carboxylic acids is 1. The molecule has 2 aromatic heterocycles. The molecule has 13 heteroatoms. The molecule has 1 fully saturated rings. The molecule has 0 bridgehead atoms. The fourth-order valence-corrected chi connectivity index (χ4v) is 5.47. The molecule has 1 saturated heterocycles. The molecule has 1 aliphatic rings. The Hall–Kier alpha value is -3.68. The number of imidazole rings is 1. The fourth-order valence-electron chi connectivity index (χ4n) is 4.04. The summed E-state index contributed by atoms with van der Waals surface area (Å²) in [4.78, 5) is 17.6. The van der Waals surface area contributed by atoms with E-state index >= 15 is 0 Å². The average molecular weight is 498 g/mol. The lowest BCUT2D eigenvalue weighted by atomic mass is 10.2. The lowest BCUT2D eigenvalue weighted by Gasteiger charge is -2.26. The second kappa shape index (κ2) is 9.52. The van der Waals surface area contributed by atoms with E-state index in [-0.39, 0.29) is 11.5 Å². The highest BCUT2D eigenvalue weighted by Gasteiger charge is 2.27. The first-order chi connectivity index (χ1) is 17.0. The number of rotatable bonds is 7. The van der Waals surface area contributed by atoms with Gasteiger partial charge in [0.25, 0.3) is 0 Å². The van der Waals surface area contributed by atoms with E-state index in [1.54, 1.807) is 42.5 Å². The number of nitrogens with zero attached hydrogens (tertiary/aromatic N) is 7. The summed E-state index contributed by atoms with van der Waals surface area (Å²) in [6.45, 7) is 3.80. The molecular formula is C22H23N7O5S. The summed E-state index contributed by atoms with van der Waals surface area (Å²) in [5.41, 5.74) is 2.07. The smallest absolute Gasteiger partial charge is 0.340 e. The molecule has 0 aliphatic carbocycles. The van der Waals surface area contributed by atoms with Gasteiger partial charge in [0.15, 0.2) is 0 Å². The van der Waals surface area contributed by atoms with Crippen molar-refractivity contribution in [2.75, 3.05) is 26.3 Å². The van der Waals surface area contributed by atoms with Gasteiger partial charge in [-0.3, -0.25) is 0 Å². The monoisotopic (exact) mass is 497 g/mol. The molecule has 35 heavy (non-hydrogen) atoms. The zero-order valence-electron chi connectivity index (χ0n) is 18.9. The third-order valence-corrected chi connectivity index (χ3v) is 7.67. The van der Waals surface area contributed by atoms with Gasteiger partial charge in [-0.05, 0) is 47.7 Å². The van der Waals surface area contributed by atoms with Crippen molar-refractivity contribution >= 4 is 27.0 Å². The predicted octanol–water partition coefficient (Wildman–Crippen LogP) is 1.41. The number of aromatic nitrogens is 6. The molecular weight excluding hydrogens is 474 g/mol. The standard InChI is InChI=1S/C22H23N7O5S/c1-2-28-20-8-7-16(35(31,32)27-9-11-33-12-10-27)13-18(20)24-21(28)14-34-22(30)17-5-3-4-6-19(17)29-15-23-25-26-29/h3-8,13,15H,2,9-12,14H2,1H3. The number of morpholine rings is 1. The molecule has 182 valence electrons. The zero-order chi connectivity index (χ0) is 24.4. The molecule has 5 rings (SSSR count). The van der Waals surface area contributed by atoms with E-state index in [9.17, 15) is 13.2 Å². The summed E-state index contributed by atoms with van der Waals surface area (Å²) in [6.07, 6.45) is 1.39. The van der Waals surface area contributed by atoms with E-state index in [1.165, 1.54) is 15.3 Å². The maximum atomic E-state index is 13.0. The van der Waals surface area contributed by atoms with Crippen LogP contribution in [0.1, 0.15) is 23.1 Å². The normalized spacial score (nSPS) is 14.9. The van der Waals surface area contributed by atoms with Crippen molar-refractivity contribution in [1.29, 1.82) is 0 Å². The van der Waals surface area contributed by atoms with Gasteiger partial charge in [0.2, 0.25) is 10.0 Å². The third-order valence-electron chi connectivity index (χ3n) is 5.77. The second-order valence-corrected chi connectivity index (χ2v) is 9.72. The first-order valence-corrected chi connectivity index (χ1v) is 12.5. The zero-order valence-corrected chi connectivity index (χ0v) is 19.8. The minimum absolute atomic E-state index is 0.0865. The Morgan fingerprint density at radius 1 is 1.14 bits per heavy atom. The van der Waals surface area contributed by atoms with E-state index in [1.807, 2.05) is 11.5 Å². The van der Waals surface area contributed by atoms with Crippen LogP contribution in [0.15, 0.2) is 53.7 Å². The quantitative estimate of drug-likeness (QED) is 0.347. The fraction of sp³-hybridized carbons (Fsp3) is 0.318. The highest BCUT2D eigenvalue weighted by atomic mass is 32.2. The minimum Gasteiger partial charge on any atom is -0.454 e. The van der Waals surface area contributed by atoms with Gasteiger partial charge in [-0.2, -0.15) is 8.99 Å². The number of fused-ring (bicyclic) bond motifs is 1. The van der Waals surface area contributed by atoms with Gasteiger partial charge in [0.1, 0.15) is 18.8 Å². The lowest BCUT2D eigenvalue weighted by Crippen LogP contribution is -2.40. The molecule has 4 aromatic rings. The number of para-hydroxylation sites is 1. The third kappa shape index (κ3) is 4.40. The predicted molar refractivity (Wildman–Crippen MR) is 123 cm³/mol. The second-order valence-electron chi connectivity index (χ2n) is 7.79. The Kier molecular flexibility index (Phi) is 6.28. The Morgan fingerprint density at radius 3 is 2.69 bits per heavy atom. The SMILES string of the molecule is CCn1c(COC(=O)c2ccccc2-n2cnnn2)nc2cc(S(=O)(=O)N3CCOCC3)ccc21. The van der Waals surface area contributed by atoms with Crippen LogP contribution in [0.25, 0.3) is 16.7 Å². The number of sulfonamides is 1. The molecule has 0 unspecified atom stereocenters. The van der Waals surface area contributed by atoms with Crippen LogP contribution in [0, 0.1) is 0 Å². The van der Waals surface area contributed by atoms with Crippen molar-refractivity contribution < 1.29 is 22.7 Å². The number of benzene rings is 2. The number of hydrogen-bond donors (Lipinski definition) is 0. The molecule has 0 atom stereocenters. The molecule has 0 spiro atoms. The van der Waals surface area contributed by atoms with Crippen LogP contribution >= 0.6 is 0 Å². The Morgan fingerprint density at radius 2 is 1.94 bits per heavy atom. The van der Waals surface area contributed by atoms with Crippen molar-refractivity contribution in [3.8, 4) is 5.69 Å². The van der Waals surface area contributed by atoms with Gasteiger partial charge in [0.05, 0.1) is 40.4 Å². The number of aryl methyl sites for hydroxylation is 1. The summed E-state index contributed by atoms with van der Waals surface area (Å²) in [5, 5.41) is 11.1. The van der Waals surface area contributed by atoms with E-state index in [2.05, 4.69) is 20.5 Å². The van der Waals surface area contributed by atoms with Gasteiger partial charge >= 0.3 is 5.97 Å². The number of tetrazole rings is 1. The van der Waals surface area contributed by atoms with Crippen LogP contribution in [0.5, 0.6) is 0 Å². The molecule has 0 radical (unpaired) electrons. The summed E-state index contributed by atoms with van der Waals surface area (Å²) >= 11 is 0. The molecule has 0 saturated carbocycles. The Bertz CT molecular complexity index is 1460. The number of hydrogen-bond acceptors (Lipinski definition) is 9. The summed E-state index contributed by atoms with van der Waals surface area (Å²) in [7, 11) is -3.65. The summed E-state index contributed by atoms with van der Waals surface area (Å²) in [6, 6.07) is 11.7. The van der Waals surface area contributed by atoms with Crippen LogP contribution in [-0.4, -0.2) is 74.8 Å². The van der Waals surface area contributed by atoms with Gasteiger partial charge < -0.3 is 14.0 Å². The van der Waals surface area contributed by atoms with E-state index < -0.39 is 16.0 Å². The summed E-state index contributed by atoms with van der Waals surface area (Å²) in [5.74, 6) is -0.0435. The first kappa shape index (κ1) is 23.1. The molecule has 0 N–H and O–H groups in total. The van der Waals surface area contributed by atoms with Crippen LogP contribution in [0.4, 0.5) is 0 Å². The Balaban J connectivity index is 1.40. The van der Waals surface area contributed by atoms with Crippen molar-refractivity contribution in [3.05, 3.63) is 60.2 Å². The molecule has 0 amide bonds. The maximum absolute atomic E-state index is 13.0. The highest BCUT2D eigenvalue weighted by Crippen LogP contribution is 2.24. The van der Waals surface area contributed by atoms with Crippen molar-refractivity contribution in [1.82, 2.24) is 34.1 Å². The van der Waals surface area contributed by atoms with Crippen molar-refractivity contribution in [2.24, 2.45) is 0 Å². The topological polar surface area (TPSA) is 134 Å². The van der Waals surface area contributed by atoms with E-state index in [0.29, 0.717) is 55.4 Å². The molecule has 3 heterocycles. The largest absolute Gasteiger partial charge is 0.454 e. The van der Waals surface area contributed by atoms with Crippen LogP contribution in [0.3, 0.4) is 0 Å². The van der Waals surface area contributed by atoms with Gasteiger partial charge in [-0.1, -0.05) is 12.1 Å². The van der Waals surface area contributed by atoms with Gasteiger partial charge in [0, 0.05) is 19.6 Å². The molecule has 12 nitrogen and oxygen atoms in total. The molecule has 1 aliphatic heterocycles. The van der Waals surface area contributed by atoms with Crippen LogP contribution in [-0.2, 0) is 32.6 Å². The number of esters is 1. The Labute approximate surface area is 201 Å². The van der Waals surface area contributed by atoms with E-state index in [4.69, 9.17) is 9.47 Å². The number of carbonyl (C=O) groups is 1. The van der Waals surface area contributed by atoms with Crippen LogP contribution < -0.4 is 0 Å². The van der Waals surface area contributed by atoms with E-state index in [0.717, 1.165) is 5.52 Å². The molecule has 2 aromatic carbocycles. The van der Waals surface area contributed by atoms with Crippen molar-refractivity contribution in [3.63, 3.8) is 0 Å². The van der Waals surface area contributed by atoms with Crippen molar-refractivity contribution in [2.45, 2.75) is 25.0 Å².